The van der Waals surface area contributed by atoms with Crippen LogP contribution in [0.3, 0.4) is 0 Å². The van der Waals surface area contributed by atoms with E-state index in [4.69, 9.17) is 10.5 Å². The van der Waals surface area contributed by atoms with Gasteiger partial charge in [0.1, 0.15) is 6.61 Å². The minimum atomic E-state index is -0.0466. The van der Waals surface area contributed by atoms with Crippen LogP contribution in [0, 0.1) is 0 Å². The summed E-state index contributed by atoms with van der Waals surface area (Å²) in [7, 11) is 0. The lowest BCUT2D eigenvalue weighted by Gasteiger charge is -2.35. The van der Waals surface area contributed by atoms with Gasteiger partial charge in [-0.25, -0.2) is 0 Å². The third-order valence-electron chi connectivity index (χ3n) is 3.72. The van der Waals surface area contributed by atoms with Crippen molar-refractivity contribution in [2.24, 2.45) is 5.73 Å². The van der Waals surface area contributed by atoms with Gasteiger partial charge < -0.3 is 20.7 Å². The minimum Gasteiger partial charge on any atom is -0.372 e. The molecule has 0 aromatic rings. The van der Waals surface area contributed by atoms with Crippen molar-refractivity contribution in [1.82, 2.24) is 10.2 Å². The average molecular weight is 299 g/mol. The number of likely N-dealkylation sites (tertiary alicyclic amines) is 1. The topological polar surface area (TPSA) is 84.7 Å². The van der Waals surface area contributed by atoms with Crippen molar-refractivity contribution in [3.63, 3.8) is 0 Å². The number of carbonyl (C=O) groups is 2. The predicted molar refractivity (Wildman–Crippen MR) is 81.8 cm³/mol. The summed E-state index contributed by atoms with van der Waals surface area (Å²) in [4.78, 5) is 25.6. The molecule has 0 aromatic carbocycles. The van der Waals surface area contributed by atoms with Crippen LogP contribution in [0.15, 0.2) is 0 Å². The molecule has 1 aliphatic rings. The Balaban J connectivity index is 2.37. The Kier molecular flexibility index (Phi) is 9.01. The summed E-state index contributed by atoms with van der Waals surface area (Å²) >= 11 is 0. The molecule has 1 saturated heterocycles. The Hall–Kier alpha value is -1.14. The fourth-order valence-corrected chi connectivity index (χ4v) is 2.48. The molecule has 3 N–H and O–H groups in total. The summed E-state index contributed by atoms with van der Waals surface area (Å²) in [6.45, 7) is 4.49. The van der Waals surface area contributed by atoms with Crippen LogP contribution in [-0.2, 0) is 14.3 Å². The van der Waals surface area contributed by atoms with Crippen LogP contribution >= 0.6 is 0 Å². The molecule has 1 aliphatic heterocycles. The van der Waals surface area contributed by atoms with Crippen LogP contribution < -0.4 is 11.1 Å². The monoisotopic (exact) mass is 299 g/mol. The number of nitrogens with zero attached hydrogens (tertiary/aromatic N) is 1. The molecular weight excluding hydrogens is 270 g/mol. The van der Waals surface area contributed by atoms with Crippen molar-refractivity contribution in [1.29, 1.82) is 0 Å². The van der Waals surface area contributed by atoms with E-state index in [1.165, 1.54) is 0 Å². The number of nitrogens with one attached hydrogen (secondary N) is 1. The lowest BCUT2D eigenvalue weighted by Crippen LogP contribution is -2.50. The normalized spacial score (nSPS) is 18.6. The maximum absolute atomic E-state index is 12.2. The third-order valence-corrected chi connectivity index (χ3v) is 3.72. The number of unbranched alkanes of at least 4 members (excludes halogenated alkanes) is 1. The molecule has 1 atom stereocenters. The molecule has 0 aliphatic carbocycles. The van der Waals surface area contributed by atoms with E-state index in [2.05, 4.69) is 12.2 Å². The first-order valence-electron chi connectivity index (χ1n) is 8.03. The van der Waals surface area contributed by atoms with E-state index in [0.717, 1.165) is 38.6 Å². The molecule has 1 unspecified atom stereocenters. The van der Waals surface area contributed by atoms with E-state index < -0.39 is 0 Å². The van der Waals surface area contributed by atoms with Crippen molar-refractivity contribution in [2.45, 2.75) is 51.5 Å². The van der Waals surface area contributed by atoms with Crippen LogP contribution in [-0.4, -0.2) is 55.6 Å². The summed E-state index contributed by atoms with van der Waals surface area (Å²) in [5, 5.41) is 2.86. The second-order valence-electron chi connectivity index (χ2n) is 5.49. The summed E-state index contributed by atoms with van der Waals surface area (Å²) in [6.07, 6.45) is 5.43. The van der Waals surface area contributed by atoms with Gasteiger partial charge in [-0.15, -0.1) is 0 Å². The number of amides is 2. The molecule has 21 heavy (non-hydrogen) atoms. The highest BCUT2D eigenvalue weighted by atomic mass is 16.5. The zero-order chi connectivity index (χ0) is 15.5. The fourth-order valence-electron chi connectivity index (χ4n) is 2.48. The molecule has 2 amide bonds. The summed E-state index contributed by atoms with van der Waals surface area (Å²) in [6, 6.07) is 0.0859. The van der Waals surface area contributed by atoms with Gasteiger partial charge >= 0.3 is 0 Å². The second kappa shape index (κ2) is 10.6. The van der Waals surface area contributed by atoms with Crippen LogP contribution in [0.25, 0.3) is 0 Å². The first-order chi connectivity index (χ1) is 10.2. The zero-order valence-corrected chi connectivity index (χ0v) is 13.1. The largest absolute Gasteiger partial charge is 0.372 e. The van der Waals surface area contributed by atoms with Gasteiger partial charge in [-0.2, -0.15) is 0 Å². The molecule has 1 rings (SSSR count). The van der Waals surface area contributed by atoms with Gasteiger partial charge in [-0.1, -0.05) is 13.3 Å². The lowest BCUT2D eigenvalue weighted by molar-refractivity contribution is -0.140. The van der Waals surface area contributed by atoms with E-state index in [0.29, 0.717) is 26.1 Å². The summed E-state index contributed by atoms with van der Waals surface area (Å²) < 4.78 is 5.41. The SMILES string of the molecule is CCCCOCC(=O)N1CCCCC1CNC(=O)CCN. The van der Waals surface area contributed by atoms with Gasteiger partial charge in [-0.05, 0) is 25.7 Å². The van der Waals surface area contributed by atoms with Gasteiger partial charge in [0.2, 0.25) is 11.8 Å². The Labute approximate surface area is 127 Å². The third kappa shape index (κ3) is 6.91. The van der Waals surface area contributed by atoms with Crippen molar-refractivity contribution in [2.75, 3.05) is 32.8 Å². The Morgan fingerprint density at radius 1 is 1.38 bits per heavy atom. The van der Waals surface area contributed by atoms with E-state index in [1.54, 1.807) is 0 Å². The Morgan fingerprint density at radius 3 is 2.90 bits per heavy atom. The smallest absolute Gasteiger partial charge is 0.248 e. The molecule has 0 saturated carbocycles. The van der Waals surface area contributed by atoms with Crippen molar-refractivity contribution >= 4 is 11.8 Å². The van der Waals surface area contributed by atoms with Crippen molar-refractivity contribution in [3.8, 4) is 0 Å². The number of carbonyl (C=O) groups excluding carboxylic acids is 2. The van der Waals surface area contributed by atoms with Gasteiger partial charge in [0.25, 0.3) is 0 Å². The molecule has 0 bridgehead atoms. The van der Waals surface area contributed by atoms with Gasteiger partial charge in [-0.3, -0.25) is 9.59 Å². The maximum Gasteiger partial charge on any atom is 0.248 e. The van der Waals surface area contributed by atoms with E-state index >= 15 is 0 Å². The van der Waals surface area contributed by atoms with Gasteiger partial charge in [0.15, 0.2) is 0 Å². The predicted octanol–water partition coefficient (Wildman–Crippen LogP) is 0.649. The molecule has 6 nitrogen and oxygen atoms in total. The van der Waals surface area contributed by atoms with Crippen LogP contribution in [0.4, 0.5) is 0 Å². The number of hydrogen-bond donors (Lipinski definition) is 2. The first-order valence-corrected chi connectivity index (χ1v) is 8.03. The summed E-state index contributed by atoms with van der Waals surface area (Å²) in [5.41, 5.74) is 5.35. The number of rotatable bonds is 9. The van der Waals surface area contributed by atoms with E-state index in [1.807, 2.05) is 4.90 Å². The molecular formula is C15H29N3O3. The maximum atomic E-state index is 12.2. The highest BCUT2D eigenvalue weighted by Gasteiger charge is 2.26. The average Bonchev–Trinajstić information content (AvgIpc) is 2.50. The molecule has 0 spiro atoms. The molecule has 122 valence electrons. The van der Waals surface area contributed by atoms with Crippen LogP contribution in [0.5, 0.6) is 0 Å². The van der Waals surface area contributed by atoms with Crippen LogP contribution in [0.2, 0.25) is 0 Å². The number of ether oxygens (including phenoxy) is 1. The zero-order valence-electron chi connectivity index (χ0n) is 13.1. The highest BCUT2D eigenvalue weighted by Crippen LogP contribution is 2.16. The quantitative estimate of drug-likeness (QED) is 0.612. The van der Waals surface area contributed by atoms with Gasteiger partial charge in [0.05, 0.1) is 0 Å². The number of nitrogens with two attached hydrogens (primary N) is 1. The lowest BCUT2D eigenvalue weighted by atomic mass is 10.0. The number of piperidine rings is 1. The minimum absolute atomic E-state index is 0.0314. The molecule has 6 heteroatoms. The first kappa shape index (κ1) is 17.9. The van der Waals surface area contributed by atoms with E-state index in [-0.39, 0.29) is 24.5 Å². The van der Waals surface area contributed by atoms with E-state index in [9.17, 15) is 9.59 Å². The van der Waals surface area contributed by atoms with Gasteiger partial charge in [0, 0.05) is 38.7 Å². The van der Waals surface area contributed by atoms with Crippen LogP contribution in [0.1, 0.15) is 45.4 Å². The second-order valence-corrected chi connectivity index (χ2v) is 5.49. The number of hydrogen-bond acceptors (Lipinski definition) is 4. The summed E-state index contributed by atoms with van der Waals surface area (Å²) in [5.74, 6) is -0.0152. The molecule has 0 aromatic heterocycles. The Morgan fingerprint density at radius 2 is 2.19 bits per heavy atom. The molecule has 1 heterocycles. The Bertz CT molecular complexity index is 323. The fraction of sp³-hybridized carbons (Fsp3) is 0.867. The molecule has 1 fully saturated rings. The standard InChI is InChI=1S/C15H29N3O3/c1-2-3-10-21-12-15(20)18-9-5-4-6-13(18)11-17-14(19)7-8-16/h13H,2-12,16H2,1H3,(H,17,19). The molecule has 0 radical (unpaired) electrons. The highest BCUT2D eigenvalue weighted by molar-refractivity contribution is 5.78. The van der Waals surface area contributed by atoms with Crippen molar-refractivity contribution in [3.05, 3.63) is 0 Å². The van der Waals surface area contributed by atoms with Crippen molar-refractivity contribution < 1.29 is 14.3 Å².